The Morgan fingerprint density at radius 3 is 2.52 bits per heavy atom. The van der Waals surface area contributed by atoms with E-state index in [4.69, 9.17) is 9.15 Å². The van der Waals surface area contributed by atoms with Crippen LogP contribution in [0.2, 0.25) is 0 Å². The first-order valence-corrected chi connectivity index (χ1v) is 11.0. The van der Waals surface area contributed by atoms with Crippen LogP contribution in [-0.4, -0.2) is 22.6 Å². The minimum atomic E-state index is -0.217. The van der Waals surface area contributed by atoms with E-state index < -0.39 is 0 Å². The molecule has 2 N–H and O–H groups in total. The van der Waals surface area contributed by atoms with E-state index in [1.807, 2.05) is 59.8 Å². The van der Waals surface area contributed by atoms with Gasteiger partial charge in [0, 0.05) is 29.9 Å². The molecule has 0 bridgehead atoms. The summed E-state index contributed by atoms with van der Waals surface area (Å²) in [5.74, 6) is 0.728. The normalized spacial score (nSPS) is 11.0. The summed E-state index contributed by atoms with van der Waals surface area (Å²) in [5, 5.41) is 20.8. The van der Waals surface area contributed by atoms with E-state index in [2.05, 4.69) is 0 Å². The number of hydrogen-bond donors (Lipinski definition) is 2. The van der Waals surface area contributed by atoms with Gasteiger partial charge in [-0.1, -0.05) is 37.3 Å². The molecular weight excluding hydrogens is 507 g/mol. The highest BCUT2D eigenvalue weighted by molar-refractivity contribution is 14.1. The van der Waals surface area contributed by atoms with Gasteiger partial charge in [-0.15, -0.1) is 0 Å². The van der Waals surface area contributed by atoms with Gasteiger partial charge in [0.15, 0.2) is 17.3 Å². The second-order valence-electron chi connectivity index (χ2n) is 7.15. The van der Waals surface area contributed by atoms with Crippen molar-refractivity contribution >= 4 is 39.3 Å². The third-order valence-corrected chi connectivity index (χ3v) is 5.96. The summed E-state index contributed by atoms with van der Waals surface area (Å²) < 4.78 is 12.3. The lowest BCUT2D eigenvalue weighted by molar-refractivity contribution is 0.103. The molecule has 158 valence electrons. The molecule has 31 heavy (non-hydrogen) atoms. The maximum atomic E-state index is 13.2. The number of hydrogen-bond acceptors (Lipinski definition) is 5. The lowest BCUT2D eigenvalue weighted by Crippen LogP contribution is -2.04. The first-order chi connectivity index (χ1) is 15.0. The second kappa shape index (κ2) is 9.01. The Labute approximate surface area is 193 Å². The van der Waals surface area contributed by atoms with Crippen molar-refractivity contribution < 1.29 is 24.2 Å². The number of phenolic OH excluding ortho intramolecular Hbond substituents is 2. The van der Waals surface area contributed by atoms with Crippen LogP contribution in [0.3, 0.4) is 0 Å². The van der Waals surface area contributed by atoms with E-state index in [0.717, 1.165) is 5.56 Å². The van der Waals surface area contributed by atoms with Gasteiger partial charge in [0.25, 0.3) is 0 Å². The minimum Gasteiger partial charge on any atom is -0.507 e. The summed E-state index contributed by atoms with van der Waals surface area (Å²) in [6.45, 7) is 2.31. The van der Waals surface area contributed by atoms with E-state index in [-0.39, 0.29) is 17.3 Å². The summed E-state index contributed by atoms with van der Waals surface area (Å²) in [4.78, 5) is 13.2. The molecule has 0 radical (unpaired) electrons. The number of aromatic hydroxyl groups is 2. The van der Waals surface area contributed by atoms with Crippen LogP contribution in [-0.2, 0) is 12.8 Å². The topological polar surface area (TPSA) is 79.9 Å². The molecule has 0 saturated carbocycles. The number of carbonyl (C=O) groups excluding carboxylic acids is 1. The zero-order valence-electron chi connectivity index (χ0n) is 16.9. The largest absolute Gasteiger partial charge is 0.507 e. The molecule has 4 rings (SSSR count). The van der Waals surface area contributed by atoms with Crippen LogP contribution in [0.4, 0.5) is 0 Å². The number of carbonyl (C=O) groups is 1. The average molecular weight is 528 g/mol. The molecule has 6 heteroatoms. The van der Waals surface area contributed by atoms with E-state index in [1.165, 1.54) is 12.1 Å². The molecule has 0 aliphatic rings. The van der Waals surface area contributed by atoms with Gasteiger partial charge in [-0.2, -0.15) is 0 Å². The molecule has 0 unspecified atom stereocenters. The fourth-order valence-corrected chi connectivity index (χ4v) is 4.01. The molecule has 0 atom stereocenters. The van der Waals surface area contributed by atoms with E-state index in [9.17, 15) is 15.0 Å². The highest BCUT2D eigenvalue weighted by Gasteiger charge is 2.23. The number of ketones is 1. The van der Waals surface area contributed by atoms with Crippen LogP contribution < -0.4 is 4.74 Å². The number of halogens is 1. The number of ether oxygens (including phenoxy) is 1. The summed E-state index contributed by atoms with van der Waals surface area (Å²) in [6.07, 6.45) is 1.23. The Morgan fingerprint density at radius 2 is 1.81 bits per heavy atom. The van der Waals surface area contributed by atoms with Gasteiger partial charge < -0.3 is 19.4 Å². The molecule has 0 spiro atoms. The number of benzene rings is 3. The molecule has 0 saturated heterocycles. The molecular formula is C25H21IO5. The fraction of sp³-hybridized carbons (Fsp3) is 0.160. The Hall–Kier alpha value is -3.00. The standard InChI is InChI=1S/C25H21IO5/c1-2-21-24(25(29)16-8-9-19(27)18(26)12-16)17-13-20(28)23(14-22(17)31-21)30-11-10-15-6-4-3-5-7-15/h3-9,12-14,27-28H,2,10-11H2,1H3. The molecule has 1 aromatic heterocycles. The zero-order chi connectivity index (χ0) is 22.0. The monoisotopic (exact) mass is 528 g/mol. The van der Waals surface area contributed by atoms with Crippen molar-refractivity contribution in [2.75, 3.05) is 6.61 Å². The highest BCUT2D eigenvalue weighted by Crippen LogP contribution is 2.37. The van der Waals surface area contributed by atoms with Crippen molar-refractivity contribution in [3.05, 3.63) is 86.7 Å². The molecule has 4 aromatic rings. The van der Waals surface area contributed by atoms with E-state index >= 15 is 0 Å². The molecule has 0 fully saturated rings. The van der Waals surface area contributed by atoms with Crippen molar-refractivity contribution in [2.24, 2.45) is 0 Å². The van der Waals surface area contributed by atoms with E-state index in [0.29, 0.717) is 56.6 Å². The van der Waals surface area contributed by atoms with Crippen molar-refractivity contribution in [1.29, 1.82) is 0 Å². The van der Waals surface area contributed by atoms with Gasteiger partial charge in [0.05, 0.1) is 15.7 Å². The minimum absolute atomic E-state index is 0.0432. The van der Waals surface area contributed by atoms with Crippen LogP contribution in [0.1, 0.15) is 34.2 Å². The van der Waals surface area contributed by atoms with Crippen molar-refractivity contribution in [2.45, 2.75) is 19.8 Å². The maximum absolute atomic E-state index is 13.2. The smallest absolute Gasteiger partial charge is 0.197 e. The van der Waals surface area contributed by atoms with Crippen LogP contribution in [0.25, 0.3) is 11.0 Å². The van der Waals surface area contributed by atoms with Gasteiger partial charge in [0.1, 0.15) is 17.1 Å². The zero-order valence-corrected chi connectivity index (χ0v) is 19.0. The van der Waals surface area contributed by atoms with Crippen LogP contribution in [0, 0.1) is 3.57 Å². The predicted octanol–water partition coefficient (Wildman–Crippen LogP) is 5.86. The first-order valence-electron chi connectivity index (χ1n) is 9.96. The van der Waals surface area contributed by atoms with Gasteiger partial charge in [0.2, 0.25) is 0 Å². The highest BCUT2D eigenvalue weighted by atomic mass is 127. The first kappa shape index (κ1) is 21.2. The van der Waals surface area contributed by atoms with Crippen molar-refractivity contribution in [3.63, 3.8) is 0 Å². The second-order valence-corrected chi connectivity index (χ2v) is 8.31. The van der Waals surface area contributed by atoms with Gasteiger partial charge in [-0.25, -0.2) is 0 Å². The lowest BCUT2D eigenvalue weighted by Gasteiger charge is -2.08. The summed E-state index contributed by atoms with van der Waals surface area (Å²) >= 11 is 1.98. The molecule has 0 amide bonds. The quantitative estimate of drug-likeness (QED) is 0.232. The fourth-order valence-electron chi connectivity index (χ4n) is 3.49. The Morgan fingerprint density at radius 1 is 1.03 bits per heavy atom. The van der Waals surface area contributed by atoms with Crippen LogP contribution in [0.5, 0.6) is 17.2 Å². The Balaban J connectivity index is 1.65. The van der Waals surface area contributed by atoms with Crippen LogP contribution >= 0.6 is 22.6 Å². The summed E-state index contributed by atoms with van der Waals surface area (Å²) in [6, 6.07) is 17.8. The molecule has 0 aliphatic carbocycles. The van der Waals surface area contributed by atoms with Gasteiger partial charge in [-0.3, -0.25) is 4.79 Å². The SMILES string of the molecule is CCc1oc2cc(OCCc3ccccc3)c(O)cc2c1C(=O)c1ccc(O)c(I)c1. The van der Waals surface area contributed by atoms with E-state index in [1.54, 1.807) is 18.2 Å². The third kappa shape index (κ3) is 4.39. The number of rotatable bonds is 7. The van der Waals surface area contributed by atoms with Crippen molar-refractivity contribution in [1.82, 2.24) is 0 Å². The summed E-state index contributed by atoms with van der Waals surface area (Å²) in [5.41, 5.74) is 2.50. The lowest BCUT2D eigenvalue weighted by atomic mass is 9.99. The molecule has 5 nitrogen and oxygen atoms in total. The average Bonchev–Trinajstić information content (AvgIpc) is 3.13. The number of fused-ring (bicyclic) bond motifs is 1. The van der Waals surface area contributed by atoms with Gasteiger partial charge >= 0.3 is 0 Å². The number of phenols is 2. The molecule has 3 aromatic carbocycles. The van der Waals surface area contributed by atoms with Gasteiger partial charge in [-0.05, 0) is 52.4 Å². The maximum Gasteiger partial charge on any atom is 0.197 e. The molecule has 1 heterocycles. The van der Waals surface area contributed by atoms with Crippen LogP contribution in [0.15, 0.2) is 65.1 Å². The molecule has 0 aliphatic heterocycles. The summed E-state index contributed by atoms with van der Waals surface area (Å²) in [7, 11) is 0. The van der Waals surface area contributed by atoms with Crippen molar-refractivity contribution in [3.8, 4) is 17.2 Å². The predicted molar refractivity (Wildman–Crippen MR) is 127 cm³/mol. The number of furan rings is 1. The Bertz CT molecular complexity index is 1240. The third-order valence-electron chi connectivity index (χ3n) is 5.09. The Kier molecular flexibility index (Phi) is 6.18. The number of aryl methyl sites for hydroxylation is 1.